The molecule has 2 heterocycles. The van der Waals surface area contributed by atoms with Gasteiger partial charge in [-0.05, 0) is 20.8 Å². The third-order valence-corrected chi connectivity index (χ3v) is 3.67. The molecule has 1 aromatic rings. The average Bonchev–Trinajstić information content (AvgIpc) is 2.38. The van der Waals surface area contributed by atoms with E-state index < -0.39 is 0 Å². The lowest BCUT2D eigenvalue weighted by Crippen LogP contribution is -2.45. The lowest BCUT2D eigenvalue weighted by molar-refractivity contribution is 0.231. The SMILES string of the molecule is Cc1nc(C)c(=O)n(CCN2CCNCC2)c1C. The molecule has 0 radical (unpaired) electrons. The van der Waals surface area contributed by atoms with Crippen LogP contribution in [0, 0.1) is 20.8 Å². The van der Waals surface area contributed by atoms with Gasteiger partial charge in [-0.1, -0.05) is 0 Å². The zero-order chi connectivity index (χ0) is 13.1. The van der Waals surface area contributed by atoms with Crippen molar-refractivity contribution in [2.24, 2.45) is 0 Å². The Kier molecular flexibility index (Phi) is 4.14. The van der Waals surface area contributed by atoms with Crippen LogP contribution in [0.25, 0.3) is 0 Å². The van der Waals surface area contributed by atoms with Crippen LogP contribution in [0.2, 0.25) is 0 Å². The topological polar surface area (TPSA) is 50.2 Å². The van der Waals surface area contributed by atoms with Crippen LogP contribution in [0.15, 0.2) is 4.79 Å². The summed E-state index contributed by atoms with van der Waals surface area (Å²) in [5, 5.41) is 3.33. The van der Waals surface area contributed by atoms with E-state index in [1.54, 1.807) is 6.92 Å². The first-order valence-corrected chi connectivity index (χ1v) is 6.57. The van der Waals surface area contributed by atoms with Gasteiger partial charge in [-0.15, -0.1) is 0 Å². The molecule has 1 aliphatic heterocycles. The third kappa shape index (κ3) is 2.79. The first kappa shape index (κ1) is 13.2. The molecule has 2 rings (SSSR count). The number of nitrogens with one attached hydrogen (secondary N) is 1. The molecule has 0 saturated carbocycles. The maximum absolute atomic E-state index is 12.1. The van der Waals surface area contributed by atoms with E-state index in [0.717, 1.165) is 50.7 Å². The molecule has 1 aromatic heterocycles. The Balaban J connectivity index is 2.11. The van der Waals surface area contributed by atoms with Crippen LogP contribution < -0.4 is 10.9 Å². The first-order chi connectivity index (χ1) is 8.59. The van der Waals surface area contributed by atoms with Crippen LogP contribution >= 0.6 is 0 Å². The summed E-state index contributed by atoms with van der Waals surface area (Å²) >= 11 is 0. The number of rotatable bonds is 3. The Morgan fingerprint density at radius 1 is 1.11 bits per heavy atom. The summed E-state index contributed by atoms with van der Waals surface area (Å²) in [5.74, 6) is 0. The monoisotopic (exact) mass is 250 g/mol. The quantitative estimate of drug-likeness (QED) is 0.825. The van der Waals surface area contributed by atoms with Crippen molar-refractivity contribution in [1.82, 2.24) is 19.8 Å². The van der Waals surface area contributed by atoms with Crippen molar-refractivity contribution in [3.63, 3.8) is 0 Å². The highest BCUT2D eigenvalue weighted by molar-refractivity contribution is 5.12. The molecule has 0 spiro atoms. The van der Waals surface area contributed by atoms with E-state index in [4.69, 9.17) is 0 Å². The van der Waals surface area contributed by atoms with Crippen LogP contribution in [-0.2, 0) is 6.54 Å². The Hall–Kier alpha value is -1.20. The number of aromatic nitrogens is 2. The number of piperazine rings is 1. The standard InChI is InChI=1S/C13H22N4O/c1-10-12(3)17(13(18)11(2)15-10)9-8-16-6-4-14-5-7-16/h14H,4-9H2,1-3H3. The lowest BCUT2D eigenvalue weighted by atomic mass is 10.3. The van der Waals surface area contributed by atoms with Crippen molar-refractivity contribution in [1.29, 1.82) is 0 Å². The first-order valence-electron chi connectivity index (χ1n) is 6.57. The Morgan fingerprint density at radius 2 is 1.78 bits per heavy atom. The minimum Gasteiger partial charge on any atom is -0.314 e. The second-order valence-corrected chi connectivity index (χ2v) is 4.92. The predicted octanol–water partition coefficient (Wildman–Crippen LogP) is 0.0738. The van der Waals surface area contributed by atoms with E-state index in [0.29, 0.717) is 5.69 Å². The highest BCUT2D eigenvalue weighted by atomic mass is 16.1. The van der Waals surface area contributed by atoms with Crippen molar-refractivity contribution in [3.05, 3.63) is 27.4 Å². The van der Waals surface area contributed by atoms with Crippen molar-refractivity contribution >= 4 is 0 Å². The van der Waals surface area contributed by atoms with E-state index >= 15 is 0 Å². The van der Waals surface area contributed by atoms with Crippen LogP contribution in [0.1, 0.15) is 17.1 Å². The van der Waals surface area contributed by atoms with E-state index in [9.17, 15) is 4.79 Å². The molecule has 100 valence electrons. The normalized spacial score (nSPS) is 17.1. The van der Waals surface area contributed by atoms with E-state index in [1.165, 1.54) is 0 Å². The molecule has 0 aliphatic carbocycles. The van der Waals surface area contributed by atoms with E-state index in [-0.39, 0.29) is 5.56 Å². The number of nitrogens with zero attached hydrogens (tertiary/aromatic N) is 3. The molecule has 1 aliphatic rings. The highest BCUT2D eigenvalue weighted by Gasteiger charge is 2.12. The molecule has 1 saturated heterocycles. The second-order valence-electron chi connectivity index (χ2n) is 4.92. The molecule has 5 heteroatoms. The molecular weight excluding hydrogens is 228 g/mol. The summed E-state index contributed by atoms with van der Waals surface area (Å²) in [5.41, 5.74) is 2.58. The van der Waals surface area contributed by atoms with Gasteiger partial charge in [0.05, 0.1) is 5.69 Å². The van der Waals surface area contributed by atoms with Gasteiger partial charge in [0.1, 0.15) is 5.69 Å². The minimum atomic E-state index is 0.0493. The zero-order valence-corrected chi connectivity index (χ0v) is 11.5. The predicted molar refractivity (Wildman–Crippen MR) is 72.0 cm³/mol. The van der Waals surface area contributed by atoms with Gasteiger partial charge >= 0.3 is 0 Å². The summed E-state index contributed by atoms with van der Waals surface area (Å²) in [6, 6.07) is 0. The Labute approximate surface area is 108 Å². The lowest BCUT2D eigenvalue weighted by Gasteiger charge is -2.27. The molecule has 0 amide bonds. The number of hydrogen-bond donors (Lipinski definition) is 1. The van der Waals surface area contributed by atoms with Crippen LogP contribution in [0.5, 0.6) is 0 Å². The fourth-order valence-corrected chi connectivity index (χ4v) is 2.37. The summed E-state index contributed by atoms with van der Waals surface area (Å²) in [4.78, 5) is 18.8. The minimum absolute atomic E-state index is 0.0493. The summed E-state index contributed by atoms with van der Waals surface area (Å²) in [7, 11) is 0. The molecule has 0 unspecified atom stereocenters. The third-order valence-electron chi connectivity index (χ3n) is 3.67. The smallest absolute Gasteiger partial charge is 0.272 e. The molecule has 0 atom stereocenters. The maximum Gasteiger partial charge on any atom is 0.272 e. The summed E-state index contributed by atoms with van der Waals surface area (Å²) in [6.07, 6.45) is 0. The van der Waals surface area contributed by atoms with Gasteiger partial charge in [-0.3, -0.25) is 14.7 Å². The van der Waals surface area contributed by atoms with Crippen molar-refractivity contribution in [2.45, 2.75) is 27.3 Å². The number of aryl methyl sites for hydroxylation is 2. The van der Waals surface area contributed by atoms with Gasteiger partial charge in [0.15, 0.2) is 0 Å². The van der Waals surface area contributed by atoms with Crippen LogP contribution in [0.3, 0.4) is 0 Å². The Morgan fingerprint density at radius 3 is 2.44 bits per heavy atom. The molecule has 18 heavy (non-hydrogen) atoms. The zero-order valence-electron chi connectivity index (χ0n) is 11.5. The van der Waals surface area contributed by atoms with Gasteiger partial charge in [-0.2, -0.15) is 0 Å². The molecule has 1 N–H and O–H groups in total. The van der Waals surface area contributed by atoms with Crippen molar-refractivity contribution in [3.8, 4) is 0 Å². The van der Waals surface area contributed by atoms with Crippen molar-refractivity contribution < 1.29 is 0 Å². The number of hydrogen-bond acceptors (Lipinski definition) is 4. The molecule has 0 aromatic carbocycles. The molecule has 1 fully saturated rings. The summed E-state index contributed by atoms with van der Waals surface area (Å²) < 4.78 is 1.86. The fourth-order valence-electron chi connectivity index (χ4n) is 2.37. The fraction of sp³-hybridized carbons (Fsp3) is 0.692. The van der Waals surface area contributed by atoms with Gasteiger partial charge in [0, 0.05) is 45.0 Å². The highest BCUT2D eigenvalue weighted by Crippen LogP contribution is 2.02. The van der Waals surface area contributed by atoms with Crippen LogP contribution in [-0.4, -0.2) is 47.2 Å². The maximum atomic E-state index is 12.1. The van der Waals surface area contributed by atoms with Crippen molar-refractivity contribution in [2.75, 3.05) is 32.7 Å². The molecular formula is C13H22N4O. The van der Waals surface area contributed by atoms with Crippen LogP contribution in [0.4, 0.5) is 0 Å². The second kappa shape index (κ2) is 5.63. The molecule has 5 nitrogen and oxygen atoms in total. The van der Waals surface area contributed by atoms with E-state index in [1.807, 2.05) is 18.4 Å². The average molecular weight is 250 g/mol. The van der Waals surface area contributed by atoms with Gasteiger partial charge in [0.25, 0.3) is 5.56 Å². The van der Waals surface area contributed by atoms with E-state index in [2.05, 4.69) is 15.2 Å². The van der Waals surface area contributed by atoms with Gasteiger partial charge < -0.3 is 9.88 Å². The van der Waals surface area contributed by atoms with Gasteiger partial charge in [-0.25, -0.2) is 0 Å². The summed E-state index contributed by atoms with van der Waals surface area (Å²) in [6.45, 7) is 11.6. The largest absolute Gasteiger partial charge is 0.314 e. The van der Waals surface area contributed by atoms with Gasteiger partial charge in [0.2, 0.25) is 0 Å². The molecule has 0 bridgehead atoms. The Bertz CT molecular complexity index is 475.